The molecule has 0 amide bonds. The van der Waals surface area contributed by atoms with Crippen LogP contribution in [0, 0.1) is 17.8 Å². The van der Waals surface area contributed by atoms with E-state index in [2.05, 4.69) is 83.1 Å². The minimum absolute atomic E-state index is 0.0243. The van der Waals surface area contributed by atoms with Crippen molar-refractivity contribution in [1.82, 2.24) is 15.2 Å². The zero-order chi connectivity index (χ0) is 33.6. The first kappa shape index (κ1) is 36.2. The summed E-state index contributed by atoms with van der Waals surface area (Å²) in [5, 5.41) is 31.7. The second kappa shape index (κ2) is 13.5. The van der Waals surface area contributed by atoms with Crippen molar-refractivity contribution in [1.29, 1.82) is 0 Å². The van der Waals surface area contributed by atoms with Crippen molar-refractivity contribution >= 4 is 0 Å². The van der Waals surface area contributed by atoms with Gasteiger partial charge in [0.1, 0.15) is 35.6 Å². The van der Waals surface area contributed by atoms with E-state index >= 15 is 0 Å². The molecule has 258 valence electrons. The van der Waals surface area contributed by atoms with Gasteiger partial charge in [-0.3, -0.25) is 0 Å². The summed E-state index contributed by atoms with van der Waals surface area (Å²) in [5.74, 6) is 3.25. The molecule has 0 saturated carbocycles. The third-order valence-electron chi connectivity index (χ3n) is 10.7. The van der Waals surface area contributed by atoms with E-state index in [1.54, 1.807) is 15.2 Å². The van der Waals surface area contributed by atoms with Crippen LogP contribution >= 0.6 is 0 Å². The van der Waals surface area contributed by atoms with Gasteiger partial charge < -0.3 is 29.8 Å². The second-order valence-corrected chi connectivity index (χ2v) is 17.2. The fraction of sp³-hybridized carbons (Fsp3) is 0.833. The molecule has 0 bridgehead atoms. The van der Waals surface area contributed by atoms with Crippen molar-refractivity contribution in [2.24, 2.45) is 17.8 Å². The number of hydroxylamine groups is 6. The van der Waals surface area contributed by atoms with Gasteiger partial charge in [-0.15, -0.1) is 0 Å². The topological polar surface area (TPSA) is 106 Å². The number of nitrogens with zero attached hydrogens (tertiary/aromatic N) is 3. The van der Waals surface area contributed by atoms with Crippen LogP contribution in [0.15, 0.2) is 18.2 Å². The first-order chi connectivity index (χ1) is 20.7. The van der Waals surface area contributed by atoms with Gasteiger partial charge in [0.05, 0.1) is 34.7 Å². The highest BCUT2D eigenvalue weighted by Gasteiger charge is 2.48. The molecule has 0 aliphatic carbocycles. The monoisotopic (exact) mass is 636 g/mol. The highest BCUT2D eigenvalue weighted by molar-refractivity contribution is 5.42. The van der Waals surface area contributed by atoms with Gasteiger partial charge in [0.15, 0.2) is 0 Å². The Labute approximate surface area is 272 Å². The average Bonchev–Trinajstić information content (AvgIpc) is 2.89. The van der Waals surface area contributed by atoms with E-state index in [4.69, 9.17) is 29.8 Å². The lowest BCUT2D eigenvalue weighted by Gasteiger charge is -2.45. The molecule has 6 N–H and O–H groups in total. The molecule has 45 heavy (non-hydrogen) atoms. The molecule has 9 nitrogen and oxygen atoms in total. The van der Waals surface area contributed by atoms with Crippen LogP contribution in [0.3, 0.4) is 0 Å². The molecule has 3 saturated heterocycles. The molecule has 9 heteroatoms. The Hall–Kier alpha value is -1.62. The summed E-state index contributed by atoms with van der Waals surface area (Å²) < 4.78 is 20.3. The molecule has 1 aromatic rings. The van der Waals surface area contributed by atoms with Crippen molar-refractivity contribution in [3.63, 3.8) is 0 Å². The van der Waals surface area contributed by atoms with Crippen LogP contribution in [0.2, 0.25) is 0 Å². The quantitative estimate of drug-likeness (QED) is 0.330. The standard InChI is InChI=1S/C36H63N3O6/c1-22(2)31-16-28(19-34(7,8)37(31)40)43-25-13-26(44-29-17-32(23(3)4)38(41)35(9,10)20-29)15-27(14-25)45-30-18-33(24(5)6)39(42)36(11,12)21-30/h13-15,22-24,28-33,40-42H,16-21H2,1-12H3/p+3. The van der Waals surface area contributed by atoms with Crippen molar-refractivity contribution in [2.45, 2.75) is 175 Å². The Morgan fingerprint density at radius 2 is 0.733 bits per heavy atom. The minimum Gasteiger partial charge on any atom is -0.490 e. The Balaban J connectivity index is 1.63. The van der Waals surface area contributed by atoms with Crippen molar-refractivity contribution < 1.29 is 29.8 Å². The molecule has 1 aromatic carbocycles. The zero-order valence-electron chi connectivity index (χ0n) is 30.2. The summed E-state index contributed by atoms with van der Waals surface area (Å²) in [6.45, 7) is 25.9. The number of hydrogen-bond acceptors (Lipinski definition) is 6. The summed E-state index contributed by atoms with van der Waals surface area (Å²) in [5.41, 5.74) is -0.891. The van der Waals surface area contributed by atoms with Crippen molar-refractivity contribution in [3.8, 4) is 17.2 Å². The summed E-state index contributed by atoms with van der Waals surface area (Å²) in [7, 11) is 0. The second-order valence-electron chi connectivity index (χ2n) is 17.2. The van der Waals surface area contributed by atoms with Gasteiger partial charge in [-0.2, -0.15) is 0 Å². The first-order valence-corrected chi connectivity index (χ1v) is 17.4. The highest BCUT2D eigenvalue weighted by atomic mass is 16.5. The maximum atomic E-state index is 8.78. The average molecular weight is 637 g/mol. The van der Waals surface area contributed by atoms with Crippen LogP contribution in [0.25, 0.3) is 0 Å². The van der Waals surface area contributed by atoms with Gasteiger partial charge in [0.2, 0.25) is 0 Å². The van der Waals surface area contributed by atoms with Crippen LogP contribution in [-0.4, -0.2) is 83.9 Å². The van der Waals surface area contributed by atoms with Gasteiger partial charge in [-0.25, -0.2) is 0 Å². The molecule has 6 atom stereocenters. The summed E-state index contributed by atoms with van der Waals surface area (Å²) >= 11 is 0. The van der Waals surface area contributed by atoms with E-state index in [0.29, 0.717) is 17.8 Å². The molecule has 3 fully saturated rings. The van der Waals surface area contributed by atoms with E-state index < -0.39 is 0 Å². The lowest BCUT2D eigenvalue weighted by atomic mass is 9.82. The molecular weight excluding hydrogens is 570 g/mol. The van der Waals surface area contributed by atoms with E-state index in [1.165, 1.54) is 0 Å². The normalized spacial score (nSPS) is 32.7. The minimum atomic E-state index is -0.297. The van der Waals surface area contributed by atoms with Crippen LogP contribution < -0.4 is 14.2 Å². The Bertz CT molecular complexity index is 987. The number of ether oxygens (including phenoxy) is 3. The number of piperidine rings is 3. The first-order valence-electron chi connectivity index (χ1n) is 17.4. The highest BCUT2D eigenvalue weighted by Crippen LogP contribution is 2.41. The molecule has 3 aliphatic rings. The van der Waals surface area contributed by atoms with Gasteiger partial charge >= 0.3 is 0 Å². The van der Waals surface area contributed by atoms with E-state index in [9.17, 15) is 0 Å². The predicted octanol–water partition coefficient (Wildman–Crippen LogP) is 5.54. The fourth-order valence-corrected chi connectivity index (χ4v) is 7.99. The van der Waals surface area contributed by atoms with Gasteiger partial charge in [0, 0.05) is 56.7 Å². The Morgan fingerprint density at radius 1 is 0.511 bits per heavy atom. The van der Waals surface area contributed by atoms with Crippen LogP contribution in [0.5, 0.6) is 17.2 Å². The third kappa shape index (κ3) is 8.28. The smallest absolute Gasteiger partial charge is 0.127 e. The lowest BCUT2D eigenvalue weighted by Crippen LogP contribution is -2.57. The Kier molecular flexibility index (Phi) is 10.8. The van der Waals surface area contributed by atoms with Gasteiger partial charge in [-0.1, -0.05) is 56.7 Å². The van der Waals surface area contributed by atoms with E-state index in [1.807, 2.05) is 18.2 Å². The molecular formula is C36H66N3O6+3. The largest absolute Gasteiger partial charge is 0.490 e. The van der Waals surface area contributed by atoms with Gasteiger partial charge in [0.25, 0.3) is 0 Å². The van der Waals surface area contributed by atoms with Crippen LogP contribution in [-0.2, 0) is 0 Å². The number of benzene rings is 1. The maximum absolute atomic E-state index is 8.78. The maximum Gasteiger partial charge on any atom is 0.127 e. The summed E-state index contributed by atoms with van der Waals surface area (Å²) in [4.78, 5) is 0. The predicted molar refractivity (Wildman–Crippen MR) is 182 cm³/mol. The summed E-state index contributed by atoms with van der Waals surface area (Å²) in [6, 6.07) is 6.37. The molecule has 3 aliphatic heterocycles. The molecule has 6 unspecified atom stereocenters. The number of hydrogen-bond donors (Lipinski definition) is 0. The molecule has 4 rings (SSSR count). The fourth-order valence-electron chi connectivity index (χ4n) is 7.99. The lowest BCUT2D eigenvalue weighted by molar-refractivity contribution is -0.234. The Morgan fingerprint density at radius 3 is 0.933 bits per heavy atom. The molecule has 3 heterocycles. The van der Waals surface area contributed by atoms with E-state index in [0.717, 1.165) is 55.8 Å². The van der Waals surface area contributed by atoms with Crippen molar-refractivity contribution in [2.75, 3.05) is 0 Å². The summed E-state index contributed by atoms with van der Waals surface area (Å²) in [6.07, 6.45) is 4.60. The third-order valence-corrected chi connectivity index (χ3v) is 10.7. The zero-order valence-corrected chi connectivity index (χ0v) is 30.2. The SMILES string of the molecule is CC(C)C1CC(Oc2cc(OC3CC(C(C)C)N([OH2+])C(C)(C)C3)cc(OC3CC(C(C)C)N([OH2+])C(C)(C)C3)c2)CC(C)(C)N1[OH2+]. The molecule has 0 aromatic heterocycles. The number of rotatable bonds is 9. The molecule has 0 radical (unpaired) electrons. The van der Waals surface area contributed by atoms with Crippen molar-refractivity contribution in [3.05, 3.63) is 18.2 Å². The van der Waals surface area contributed by atoms with Gasteiger partial charge in [-0.05, 0) is 59.3 Å². The van der Waals surface area contributed by atoms with E-state index in [-0.39, 0.29) is 53.1 Å². The molecule has 0 spiro atoms. The van der Waals surface area contributed by atoms with Crippen LogP contribution in [0.1, 0.15) is 122 Å². The van der Waals surface area contributed by atoms with Crippen LogP contribution in [0.4, 0.5) is 0 Å².